The van der Waals surface area contributed by atoms with Crippen molar-refractivity contribution in [1.82, 2.24) is 9.88 Å². The molecule has 1 amide bonds. The van der Waals surface area contributed by atoms with Crippen LogP contribution < -0.4 is 10.1 Å². The van der Waals surface area contributed by atoms with Gasteiger partial charge in [0.25, 0.3) is 0 Å². The van der Waals surface area contributed by atoms with Crippen LogP contribution in [0, 0.1) is 0 Å². The zero-order valence-electron chi connectivity index (χ0n) is 14.0. The van der Waals surface area contributed by atoms with Crippen LogP contribution >= 0.6 is 0 Å². The Balaban J connectivity index is 1.64. The summed E-state index contributed by atoms with van der Waals surface area (Å²) in [6, 6.07) is 9.91. The first-order valence-corrected chi connectivity index (χ1v) is 8.19. The van der Waals surface area contributed by atoms with Gasteiger partial charge in [0.1, 0.15) is 17.4 Å². The third kappa shape index (κ3) is 3.41. The van der Waals surface area contributed by atoms with Gasteiger partial charge in [0.15, 0.2) is 0 Å². The summed E-state index contributed by atoms with van der Waals surface area (Å²) in [4.78, 5) is 12.4. The summed E-state index contributed by atoms with van der Waals surface area (Å²) in [5.41, 5.74) is 2.20. The maximum Gasteiger partial charge on any atom is 0.243 e. The fourth-order valence-corrected chi connectivity index (χ4v) is 3.17. The molecule has 122 valence electrons. The Kier molecular flexibility index (Phi) is 4.16. The monoisotopic (exact) mass is 312 g/mol. The Morgan fingerprint density at radius 2 is 2.09 bits per heavy atom. The van der Waals surface area contributed by atoms with Crippen molar-refractivity contribution in [1.29, 1.82) is 0 Å². The van der Waals surface area contributed by atoms with Crippen LogP contribution in [0.4, 0.5) is 0 Å². The molecule has 2 aromatic rings. The Morgan fingerprint density at radius 3 is 2.78 bits per heavy atom. The predicted molar refractivity (Wildman–Crippen MR) is 90.5 cm³/mol. The third-order valence-corrected chi connectivity index (χ3v) is 4.27. The maximum absolute atomic E-state index is 12.4. The third-order valence-electron chi connectivity index (χ3n) is 4.27. The SMILES string of the molecule is CC[C@H](C(=O)NCc1ccc2c(c1)CC(C)(C)O2)n1cccc1. The highest BCUT2D eigenvalue weighted by Crippen LogP contribution is 2.35. The zero-order valence-corrected chi connectivity index (χ0v) is 14.0. The minimum absolute atomic E-state index is 0.0563. The van der Waals surface area contributed by atoms with Gasteiger partial charge in [0.2, 0.25) is 5.91 Å². The van der Waals surface area contributed by atoms with Gasteiger partial charge in [-0.2, -0.15) is 0 Å². The summed E-state index contributed by atoms with van der Waals surface area (Å²) in [6.07, 6.45) is 5.54. The van der Waals surface area contributed by atoms with Crippen molar-refractivity contribution < 1.29 is 9.53 Å². The van der Waals surface area contributed by atoms with E-state index in [-0.39, 0.29) is 17.6 Å². The van der Waals surface area contributed by atoms with Crippen LogP contribution in [0.3, 0.4) is 0 Å². The number of hydrogen-bond donors (Lipinski definition) is 1. The van der Waals surface area contributed by atoms with E-state index in [0.717, 1.165) is 24.2 Å². The Bertz CT molecular complexity index is 689. The lowest BCUT2D eigenvalue weighted by molar-refractivity contribution is -0.124. The molecule has 0 bridgehead atoms. The molecule has 4 nitrogen and oxygen atoms in total. The van der Waals surface area contributed by atoms with E-state index in [1.807, 2.05) is 48.1 Å². The largest absolute Gasteiger partial charge is 0.487 e. The number of aromatic nitrogens is 1. The van der Waals surface area contributed by atoms with Gasteiger partial charge in [-0.15, -0.1) is 0 Å². The first kappa shape index (κ1) is 15.7. The molecule has 1 atom stereocenters. The molecular weight excluding hydrogens is 288 g/mol. The molecule has 1 aliphatic heterocycles. The van der Waals surface area contributed by atoms with E-state index in [9.17, 15) is 4.79 Å². The number of fused-ring (bicyclic) bond motifs is 1. The molecule has 0 fully saturated rings. The molecule has 1 aliphatic rings. The molecular formula is C19H24N2O2. The van der Waals surface area contributed by atoms with Crippen molar-refractivity contribution >= 4 is 5.91 Å². The smallest absolute Gasteiger partial charge is 0.243 e. The van der Waals surface area contributed by atoms with E-state index in [4.69, 9.17) is 4.74 Å². The number of benzene rings is 1. The summed E-state index contributed by atoms with van der Waals surface area (Å²) < 4.78 is 7.84. The molecule has 1 aromatic carbocycles. The summed E-state index contributed by atoms with van der Waals surface area (Å²) in [5.74, 6) is 1.02. The maximum atomic E-state index is 12.4. The van der Waals surface area contributed by atoms with Crippen LogP contribution in [0.15, 0.2) is 42.7 Å². The van der Waals surface area contributed by atoms with Crippen LogP contribution in [-0.4, -0.2) is 16.1 Å². The molecule has 0 radical (unpaired) electrons. The van der Waals surface area contributed by atoms with Crippen molar-refractivity contribution in [2.75, 3.05) is 0 Å². The second kappa shape index (κ2) is 6.11. The van der Waals surface area contributed by atoms with Crippen molar-refractivity contribution in [3.05, 3.63) is 53.9 Å². The van der Waals surface area contributed by atoms with Crippen LogP contribution in [-0.2, 0) is 17.8 Å². The minimum Gasteiger partial charge on any atom is -0.487 e. The number of carbonyl (C=O) groups excluding carboxylic acids is 1. The second-order valence-electron chi connectivity index (χ2n) is 6.75. The molecule has 1 aromatic heterocycles. The number of amides is 1. The van der Waals surface area contributed by atoms with Gasteiger partial charge >= 0.3 is 0 Å². The Hall–Kier alpha value is -2.23. The summed E-state index contributed by atoms with van der Waals surface area (Å²) >= 11 is 0. The van der Waals surface area contributed by atoms with Gasteiger partial charge < -0.3 is 14.6 Å². The van der Waals surface area contributed by atoms with Crippen molar-refractivity contribution in [2.45, 2.75) is 51.8 Å². The molecule has 23 heavy (non-hydrogen) atoms. The first-order chi connectivity index (χ1) is 11.0. The topological polar surface area (TPSA) is 43.3 Å². The Labute approximate surface area is 137 Å². The normalized spacial score (nSPS) is 16.5. The molecule has 1 N–H and O–H groups in total. The van der Waals surface area contributed by atoms with E-state index in [0.29, 0.717) is 6.54 Å². The van der Waals surface area contributed by atoms with Gasteiger partial charge in [0, 0.05) is 25.4 Å². The molecule has 4 heteroatoms. The van der Waals surface area contributed by atoms with Crippen LogP contribution in [0.1, 0.15) is 44.4 Å². The lowest BCUT2D eigenvalue weighted by Gasteiger charge is -2.17. The van der Waals surface area contributed by atoms with E-state index in [2.05, 4.69) is 25.2 Å². The number of hydrogen-bond acceptors (Lipinski definition) is 2. The Morgan fingerprint density at radius 1 is 1.35 bits per heavy atom. The fraction of sp³-hybridized carbons (Fsp3) is 0.421. The highest BCUT2D eigenvalue weighted by Gasteiger charge is 2.29. The zero-order chi connectivity index (χ0) is 16.4. The molecule has 2 heterocycles. The molecule has 0 saturated heterocycles. The molecule has 0 saturated carbocycles. The number of nitrogens with zero attached hydrogens (tertiary/aromatic N) is 1. The standard InChI is InChI=1S/C19H24N2O2/c1-4-16(21-9-5-6-10-21)18(22)20-13-14-7-8-17-15(11-14)12-19(2,3)23-17/h5-11,16H,4,12-13H2,1-3H3,(H,20,22)/t16-/m1/s1. The minimum atomic E-state index is -0.151. The van der Waals surface area contributed by atoms with Crippen molar-refractivity contribution in [3.8, 4) is 5.75 Å². The predicted octanol–water partition coefficient (Wildman–Crippen LogP) is 3.47. The average Bonchev–Trinajstić information content (AvgIpc) is 3.11. The van der Waals surface area contributed by atoms with E-state index in [1.54, 1.807) is 0 Å². The quantitative estimate of drug-likeness (QED) is 0.918. The molecule has 3 rings (SSSR count). The highest BCUT2D eigenvalue weighted by molar-refractivity contribution is 5.80. The lowest BCUT2D eigenvalue weighted by atomic mass is 10.0. The molecule has 0 unspecified atom stereocenters. The molecule has 0 spiro atoms. The van der Waals surface area contributed by atoms with E-state index in [1.165, 1.54) is 5.56 Å². The number of ether oxygens (including phenoxy) is 1. The second-order valence-corrected chi connectivity index (χ2v) is 6.75. The van der Waals surface area contributed by atoms with Gasteiger partial charge in [0.05, 0.1) is 0 Å². The van der Waals surface area contributed by atoms with E-state index < -0.39 is 0 Å². The van der Waals surface area contributed by atoms with Crippen molar-refractivity contribution in [2.24, 2.45) is 0 Å². The van der Waals surface area contributed by atoms with Gasteiger partial charge in [-0.25, -0.2) is 0 Å². The van der Waals surface area contributed by atoms with Gasteiger partial charge in [-0.05, 0) is 49.6 Å². The van der Waals surface area contributed by atoms with Crippen LogP contribution in [0.25, 0.3) is 0 Å². The van der Waals surface area contributed by atoms with Gasteiger partial charge in [-0.1, -0.05) is 19.1 Å². The highest BCUT2D eigenvalue weighted by atomic mass is 16.5. The fourth-order valence-electron chi connectivity index (χ4n) is 3.17. The van der Waals surface area contributed by atoms with Gasteiger partial charge in [-0.3, -0.25) is 4.79 Å². The van der Waals surface area contributed by atoms with Crippen molar-refractivity contribution in [3.63, 3.8) is 0 Å². The van der Waals surface area contributed by atoms with Crippen LogP contribution in [0.5, 0.6) is 5.75 Å². The number of rotatable bonds is 5. The first-order valence-electron chi connectivity index (χ1n) is 8.19. The number of carbonyl (C=O) groups is 1. The van der Waals surface area contributed by atoms with Crippen LogP contribution in [0.2, 0.25) is 0 Å². The lowest BCUT2D eigenvalue weighted by Crippen LogP contribution is -2.31. The number of nitrogens with one attached hydrogen (secondary N) is 1. The summed E-state index contributed by atoms with van der Waals surface area (Å²) in [6.45, 7) is 6.76. The summed E-state index contributed by atoms with van der Waals surface area (Å²) in [7, 11) is 0. The molecule has 0 aliphatic carbocycles. The van der Waals surface area contributed by atoms with E-state index >= 15 is 0 Å². The average molecular weight is 312 g/mol. The summed E-state index contributed by atoms with van der Waals surface area (Å²) in [5, 5.41) is 3.05.